The largest absolute Gasteiger partial charge is 0.359 e. The predicted molar refractivity (Wildman–Crippen MR) is 49.3 cm³/mol. The first-order chi connectivity index (χ1) is 8.46. The zero-order valence-electron chi connectivity index (χ0n) is 8.50. The van der Waals surface area contributed by atoms with Crippen LogP contribution >= 0.6 is 0 Å². The van der Waals surface area contributed by atoms with E-state index in [0.717, 1.165) is 25.3 Å². The number of aromatic nitrogens is 6. The standard InChI is InChI=1S/C8H4F4N6/c9-7(10)5(17-3-13-1-15-17)6(8(7,11)12)18-4-14-2-16-18/h1-4H. The molecule has 2 heterocycles. The maximum absolute atomic E-state index is 13.4. The third-order valence-corrected chi connectivity index (χ3v) is 2.51. The lowest BCUT2D eigenvalue weighted by atomic mass is 9.90. The Balaban J connectivity index is 2.25. The monoisotopic (exact) mass is 260 g/mol. The lowest BCUT2D eigenvalue weighted by Gasteiger charge is -2.39. The van der Waals surface area contributed by atoms with Crippen LogP contribution < -0.4 is 0 Å². The van der Waals surface area contributed by atoms with Gasteiger partial charge in [-0.2, -0.15) is 27.8 Å². The highest BCUT2D eigenvalue weighted by Crippen LogP contribution is 2.58. The SMILES string of the molecule is FC1(F)C(n2cncn2)=C(n2cncn2)C1(F)F. The first-order valence-electron chi connectivity index (χ1n) is 4.67. The van der Waals surface area contributed by atoms with Gasteiger partial charge in [-0.15, -0.1) is 0 Å². The molecule has 0 radical (unpaired) electrons. The Bertz CT molecular complexity index is 545. The summed E-state index contributed by atoms with van der Waals surface area (Å²) in [5, 5.41) is 6.86. The normalized spacial score (nSPS) is 20.9. The number of hydrogen-bond acceptors (Lipinski definition) is 4. The summed E-state index contributed by atoms with van der Waals surface area (Å²) in [5.74, 6) is -8.66. The first kappa shape index (κ1) is 10.9. The van der Waals surface area contributed by atoms with E-state index in [4.69, 9.17) is 0 Å². The van der Waals surface area contributed by atoms with Crippen molar-refractivity contribution in [2.24, 2.45) is 0 Å². The van der Waals surface area contributed by atoms with Gasteiger partial charge < -0.3 is 0 Å². The summed E-state index contributed by atoms with van der Waals surface area (Å²) >= 11 is 0. The molecule has 0 saturated heterocycles. The van der Waals surface area contributed by atoms with E-state index in [-0.39, 0.29) is 0 Å². The summed E-state index contributed by atoms with van der Waals surface area (Å²) in [4.78, 5) is 6.90. The van der Waals surface area contributed by atoms with Crippen molar-refractivity contribution < 1.29 is 17.6 Å². The Morgan fingerprint density at radius 3 is 1.44 bits per heavy atom. The van der Waals surface area contributed by atoms with Crippen molar-refractivity contribution in [2.45, 2.75) is 11.8 Å². The molecule has 0 spiro atoms. The zero-order chi connectivity index (χ0) is 13.0. The molecule has 0 unspecified atom stereocenters. The van der Waals surface area contributed by atoms with Crippen molar-refractivity contribution in [1.82, 2.24) is 29.5 Å². The van der Waals surface area contributed by atoms with Crippen LogP contribution in [0.1, 0.15) is 0 Å². The van der Waals surface area contributed by atoms with Gasteiger partial charge >= 0.3 is 11.8 Å². The lowest BCUT2D eigenvalue weighted by molar-refractivity contribution is -0.158. The van der Waals surface area contributed by atoms with Gasteiger partial charge in [0.1, 0.15) is 36.7 Å². The number of alkyl halides is 4. The van der Waals surface area contributed by atoms with E-state index in [1.165, 1.54) is 0 Å². The predicted octanol–water partition coefficient (Wildman–Crippen LogP) is 0.980. The van der Waals surface area contributed by atoms with Gasteiger partial charge in [-0.05, 0) is 0 Å². The molecule has 1 aliphatic carbocycles. The molecule has 2 aromatic rings. The fourth-order valence-corrected chi connectivity index (χ4v) is 1.68. The molecule has 0 aliphatic heterocycles. The Hall–Kier alpha value is -2.26. The summed E-state index contributed by atoms with van der Waals surface area (Å²) in [6.07, 6.45) is 3.77. The maximum atomic E-state index is 13.4. The zero-order valence-corrected chi connectivity index (χ0v) is 8.50. The smallest absolute Gasteiger partial charge is 0.223 e. The second-order valence-electron chi connectivity index (χ2n) is 3.53. The molecule has 18 heavy (non-hydrogen) atoms. The molecule has 3 rings (SSSR count). The Morgan fingerprint density at radius 2 is 1.17 bits per heavy atom. The third kappa shape index (κ3) is 1.11. The second-order valence-corrected chi connectivity index (χ2v) is 3.53. The van der Waals surface area contributed by atoms with E-state index < -0.39 is 23.2 Å². The van der Waals surface area contributed by atoms with Crippen molar-refractivity contribution in [3.63, 3.8) is 0 Å². The molecule has 0 fully saturated rings. The highest BCUT2D eigenvalue weighted by Gasteiger charge is 2.74. The minimum absolute atomic E-state index is 0.592. The van der Waals surface area contributed by atoms with Crippen molar-refractivity contribution in [2.75, 3.05) is 0 Å². The maximum Gasteiger partial charge on any atom is 0.359 e. The lowest BCUT2D eigenvalue weighted by Crippen LogP contribution is -2.55. The second kappa shape index (κ2) is 3.15. The van der Waals surface area contributed by atoms with E-state index in [9.17, 15) is 17.6 Å². The molecule has 0 atom stereocenters. The van der Waals surface area contributed by atoms with Crippen LogP contribution in [0.15, 0.2) is 25.3 Å². The summed E-state index contributed by atoms with van der Waals surface area (Å²) in [5.41, 5.74) is -1.92. The van der Waals surface area contributed by atoms with E-state index in [1.54, 1.807) is 0 Å². The number of rotatable bonds is 2. The minimum Gasteiger partial charge on any atom is -0.223 e. The van der Waals surface area contributed by atoms with Gasteiger partial charge in [-0.25, -0.2) is 19.3 Å². The molecular weight excluding hydrogens is 256 g/mol. The molecule has 0 aromatic carbocycles. The Morgan fingerprint density at radius 1 is 0.778 bits per heavy atom. The van der Waals surface area contributed by atoms with Crippen LogP contribution in [0.4, 0.5) is 17.6 Å². The summed E-state index contributed by atoms with van der Waals surface area (Å²) < 4.78 is 54.9. The average Bonchev–Trinajstić information content (AvgIpc) is 2.97. The molecule has 1 aliphatic rings. The molecule has 0 N–H and O–H groups in total. The van der Waals surface area contributed by atoms with Crippen molar-refractivity contribution in [3.8, 4) is 0 Å². The average molecular weight is 260 g/mol. The van der Waals surface area contributed by atoms with Gasteiger partial charge in [0.15, 0.2) is 0 Å². The molecular formula is C8H4F4N6. The van der Waals surface area contributed by atoms with Crippen LogP contribution in [-0.2, 0) is 0 Å². The van der Waals surface area contributed by atoms with Crippen LogP contribution in [-0.4, -0.2) is 41.4 Å². The Labute approximate surface area is 96.6 Å². The van der Waals surface area contributed by atoms with Gasteiger partial charge in [0.05, 0.1) is 0 Å². The van der Waals surface area contributed by atoms with Crippen LogP contribution in [0.3, 0.4) is 0 Å². The van der Waals surface area contributed by atoms with Gasteiger partial charge in [0, 0.05) is 0 Å². The van der Waals surface area contributed by atoms with E-state index in [1.807, 2.05) is 0 Å². The molecule has 10 heteroatoms. The van der Waals surface area contributed by atoms with Crippen molar-refractivity contribution in [1.29, 1.82) is 0 Å². The topological polar surface area (TPSA) is 61.4 Å². The summed E-state index contributed by atoms with van der Waals surface area (Å²) in [6.45, 7) is 0. The van der Waals surface area contributed by atoms with Gasteiger partial charge in [-0.1, -0.05) is 0 Å². The van der Waals surface area contributed by atoms with E-state index in [0.29, 0.717) is 9.36 Å². The van der Waals surface area contributed by atoms with Crippen LogP contribution in [0.25, 0.3) is 11.4 Å². The minimum atomic E-state index is -4.33. The number of halogens is 4. The van der Waals surface area contributed by atoms with Crippen molar-refractivity contribution in [3.05, 3.63) is 25.3 Å². The third-order valence-electron chi connectivity index (χ3n) is 2.51. The molecule has 6 nitrogen and oxygen atoms in total. The number of hydrogen-bond donors (Lipinski definition) is 0. The fourth-order valence-electron chi connectivity index (χ4n) is 1.68. The number of allylic oxidation sites excluding steroid dienone is 2. The quantitative estimate of drug-likeness (QED) is 0.755. The van der Waals surface area contributed by atoms with Gasteiger partial charge in [-0.3, -0.25) is 0 Å². The highest BCUT2D eigenvalue weighted by atomic mass is 19.3. The molecule has 0 saturated carbocycles. The first-order valence-corrected chi connectivity index (χ1v) is 4.67. The fraction of sp³-hybridized carbons (Fsp3) is 0.250. The molecule has 0 amide bonds. The Kier molecular flexibility index (Phi) is 1.90. The summed E-state index contributed by atoms with van der Waals surface area (Å²) in [7, 11) is 0. The molecule has 0 bridgehead atoms. The molecule has 2 aromatic heterocycles. The van der Waals surface area contributed by atoms with Gasteiger partial charge in [0.25, 0.3) is 0 Å². The van der Waals surface area contributed by atoms with Crippen molar-refractivity contribution >= 4 is 11.4 Å². The van der Waals surface area contributed by atoms with Crippen LogP contribution in [0, 0.1) is 0 Å². The summed E-state index contributed by atoms with van der Waals surface area (Å²) in [6, 6.07) is 0. The van der Waals surface area contributed by atoms with Crippen LogP contribution in [0.2, 0.25) is 0 Å². The molecule has 94 valence electrons. The van der Waals surface area contributed by atoms with Gasteiger partial charge in [0.2, 0.25) is 0 Å². The highest BCUT2D eigenvalue weighted by molar-refractivity contribution is 5.90. The van der Waals surface area contributed by atoms with E-state index in [2.05, 4.69) is 20.2 Å². The number of nitrogens with zero attached hydrogens (tertiary/aromatic N) is 6. The van der Waals surface area contributed by atoms with E-state index >= 15 is 0 Å². The van der Waals surface area contributed by atoms with Crippen LogP contribution in [0.5, 0.6) is 0 Å².